The van der Waals surface area contributed by atoms with Crippen LogP contribution in [-0.2, 0) is 5.41 Å². The van der Waals surface area contributed by atoms with E-state index < -0.39 is 107 Å². The molecule has 198 valence electrons. The summed E-state index contributed by atoms with van der Waals surface area (Å²) in [6.07, 6.45) is 0. The highest BCUT2D eigenvalue weighted by atomic mass is 16.3. The number of para-hydroxylation sites is 1. The van der Waals surface area contributed by atoms with Gasteiger partial charge in [-0.15, -0.1) is 0 Å². The van der Waals surface area contributed by atoms with Crippen LogP contribution in [0, 0.1) is 0 Å². The number of furan rings is 1. The van der Waals surface area contributed by atoms with E-state index in [1.807, 2.05) is 36.4 Å². The molecule has 0 unspecified atom stereocenters. The Hall–Kier alpha value is -5.14. The Morgan fingerprint density at radius 1 is 0.595 bits per heavy atom. The molecule has 0 N–H and O–H groups in total. The number of hydrogen-bond donors (Lipinski definition) is 0. The van der Waals surface area contributed by atoms with E-state index in [1.54, 1.807) is 6.07 Å². The second kappa shape index (κ2) is 8.44. The number of fused-ring (bicyclic) bond motifs is 8. The molecule has 0 aliphatic heterocycles. The molecule has 0 radical (unpaired) electrons. The van der Waals surface area contributed by atoms with E-state index in [1.165, 1.54) is 0 Å². The lowest BCUT2D eigenvalue weighted by Crippen LogP contribution is -2.14. The molecule has 1 nitrogen and oxygen atoms in total. The molecule has 1 heteroatoms. The summed E-state index contributed by atoms with van der Waals surface area (Å²) in [6.45, 7) is 4.19. The van der Waals surface area contributed by atoms with Gasteiger partial charge >= 0.3 is 0 Å². The zero-order valence-electron chi connectivity index (χ0n) is 37.4. The van der Waals surface area contributed by atoms with E-state index in [-0.39, 0.29) is 49.2 Å². The van der Waals surface area contributed by atoms with Crippen molar-refractivity contribution in [1.29, 1.82) is 0 Å². The normalized spacial score (nSPS) is 18.7. The van der Waals surface area contributed by atoms with Crippen molar-refractivity contribution in [1.82, 2.24) is 0 Å². The summed E-state index contributed by atoms with van der Waals surface area (Å²) < 4.78 is 140. The molecule has 9 rings (SSSR count). The summed E-state index contributed by atoms with van der Waals surface area (Å²) in [6, 6.07) is 4.00. The van der Waals surface area contributed by atoms with Gasteiger partial charge in [0.2, 0.25) is 0 Å². The number of benzene rings is 7. The molecule has 0 spiro atoms. The average molecular weight is 552 g/mol. The van der Waals surface area contributed by atoms with Crippen LogP contribution in [0.4, 0.5) is 0 Å². The fourth-order valence-electron chi connectivity index (χ4n) is 6.47. The third-order valence-corrected chi connectivity index (χ3v) is 8.37. The fraction of sp³-hybridized carbons (Fsp3) is 0.0732. The molecule has 0 saturated carbocycles. The molecular formula is C41H28O. The molecule has 1 aromatic heterocycles. The first-order chi connectivity index (χ1) is 26.8. The smallest absolute Gasteiger partial charge is 0.144 e. The maximum atomic E-state index is 9.51. The van der Waals surface area contributed by atoms with E-state index in [9.17, 15) is 5.48 Å². The maximum absolute atomic E-state index is 9.51. The SMILES string of the molecule is [2H]c1c([2H])c([2H])c2c(oc3c(-c4ccc5c(c4)-c4ccccc4C5(C)C)c4c([2H])c([2H])c([2H])c([2H])c4c(-c4c([2H])c([2H])c5c([2H])c([2H])c([2H])c([2H])c5c4[2H])c32)c1[2H]. The van der Waals surface area contributed by atoms with Crippen LogP contribution in [0.5, 0.6) is 0 Å². The first-order valence-corrected chi connectivity index (χ1v) is 13.5. The minimum atomic E-state index is -0.702. The van der Waals surface area contributed by atoms with Crippen molar-refractivity contribution >= 4 is 43.5 Å². The molecule has 1 aliphatic rings. The van der Waals surface area contributed by atoms with Crippen molar-refractivity contribution in [2.24, 2.45) is 0 Å². The number of hydrogen-bond acceptors (Lipinski definition) is 1. The minimum absolute atomic E-state index is 0.108. The van der Waals surface area contributed by atoms with Crippen LogP contribution >= 0.6 is 0 Å². The Morgan fingerprint density at radius 2 is 1.29 bits per heavy atom. The average Bonchev–Trinajstić information content (AvgIpc) is 3.70. The molecule has 1 aliphatic carbocycles. The first-order valence-electron chi connectivity index (χ1n) is 21.0. The third-order valence-electron chi connectivity index (χ3n) is 8.37. The Kier molecular flexibility index (Phi) is 2.66. The lowest BCUT2D eigenvalue weighted by molar-refractivity contribution is 0.660. The molecule has 0 fully saturated rings. The molecule has 0 atom stereocenters. The quantitative estimate of drug-likeness (QED) is 0.208. The van der Waals surface area contributed by atoms with Crippen molar-refractivity contribution in [2.45, 2.75) is 19.3 Å². The molecule has 8 aromatic rings. The second-order valence-corrected chi connectivity index (χ2v) is 10.9. The van der Waals surface area contributed by atoms with E-state index in [0.717, 1.165) is 22.3 Å². The van der Waals surface area contributed by atoms with Crippen molar-refractivity contribution < 1.29 is 25.0 Å². The predicted octanol–water partition coefficient (Wildman–Crippen LogP) is 11.5. The Balaban J connectivity index is 1.60. The summed E-state index contributed by atoms with van der Waals surface area (Å²) in [5.41, 5.74) is 2.87. The van der Waals surface area contributed by atoms with Gasteiger partial charge in [0.15, 0.2) is 0 Å². The van der Waals surface area contributed by atoms with Gasteiger partial charge in [-0.1, -0.05) is 129 Å². The maximum Gasteiger partial charge on any atom is 0.144 e. The van der Waals surface area contributed by atoms with Crippen LogP contribution in [0.2, 0.25) is 0 Å². The molecule has 1 heterocycles. The van der Waals surface area contributed by atoms with Gasteiger partial charge in [-0.05, 0) is 73.1 Å². The van der Waals surface area contributed by atoms with E-state index in [2.05, 4.69) is 13.8 Å². The predicted molar refractivity (Wildman–Crippen MR) is 177 cm³/mol. The van der Waals surface area contributed by atoms with Crippen LogP contribution in [0.25, 0.3) is 76.9 Å². The van der Waals surface area contributed by atoms with Crippen LogP contribution in [0.1, 0.15) is 45.5 Å². The highest BCUT2D eigenvalue weighted by Crippen LogP contribution is 2.52. The first kappa shape index (κ1) is 13.2. The molecule has 42 heavy (non-hydrogen) atoms. The van der Waals surface area contributed by atoms with Crippen LogP contribution < -0.4 is 0 Å². The molecule has 0 amide bonds. The van der Waals surface area contributed by atoms with Gasteiger partial charge in [-0.25, -0.2) is 0 Å². The van der Waals surface area contributed by atoms with Gasteiger partial charge in [0.1, 0.15) is 11.2 Å². The summed E-state index contributed by atoms with van der Waals surface area (Å²) in [5.74, 6) is 0. The monoisotopic (exact) mass is 551 g/mol. The van der Waals surface area contributed by atoms with Crippen molar-refractivity contribution in [3.8, 4) is 33.4 Å². The highest BCUT2D eigenvalue weighted by molar-refractivity contribution is 6.27. The standard InChI is InChI=1S/C41H28O/c1-41(2)34-17-9-7-13-29(34)33-24-28(21-22-35(33)41)38-31-15-6-5-14-30(31)37(27-20-19-25-11-3-4-12-26(25)23-27)39-32-16-8-10-18-36(32)42-40(38)39/h3-24H,1-2H3/i3D,4D,5D,6D,8D,10D,11D,12D,14D,15D,16D,18D,19D,20D,23D. The van der Waals surface area contributed by atoms with Crippen LogP contribution in [0.15, 0.2) is 138 Å². The van der Waals surface area contributed by atoms with Crippen LogP contribution in [0.3, 0.4) is 0 Å². The highest BCUT2D eigenvalue weighted by Gasteiger charge is 2.35. The topological polar surface area (TPSA) is 13.1 Å². The molecule has 7 aromatic carbocycles. The van der Waals surface area contributed by atoms with E-state index in [4.69, 9.17) is 19.5 Å². The second-order valence-electron chi connectivity index (χ2n) is 10.9. The van der Waals surface area contributed by atoms with Gasteiger partial charge < -0.3 is 4.42 Å². The van der Waals surface area contributed by atoms with Gasteiger partial charge in [0.05, 0.1) is 20.6 Å². The van der Waals surface area contributed by atoms with Gasteiger partial charge in [0.25, 0.3) is 0 Å². The molecule has 0 bridgehead atoms. The summed E-state index contributed by atoms with van der Waals surface area (Å²) in [4.78, 5) is 0. The Bertz CT molecular complexity index is 3220. The van der Waals surface area contributed by atoms with E-state index in [0.29, 0.717) is 5.56 Å². The fourth-order valence-corrected chi connectivity index (χ4v) is 6.47. The third kappa shape index (κ3) is 3.14. The van der Waals surface area contributed by atoms with Gasteiger partial charge in [-0.3, -0.25) is 0 Å². The lowest BCUT2D eigenvalue weighted by atomic mass is 9.82. The van der Waals surface area contributed by atoms with Crippen molar-refractivity contribution in [2.75, 3.05) is 0 Å². The summed E-state index contributed by atoms with van der Waals surface area (Å²) in [5, 5.41) is -1.45. The van der Waals surface area contributed by atoms with Gasteiger partial charge in [-0.2, -0.15) is 0 Å². The zero-order chi connectivity index (χ0) is 41.1. The van der Waals surface area contributed by atoms with Crippen molar-refractivity contribution in [3.63, 3.8) is 0 Å². The Labute approximate surface area is 265 Å². The largest absolute Gasteiger partial charge is 0.455 e. The number of rotatable bonds is 2. The van der Waals surface area contributed by atoms with Crippen LogP contribution in [-0.4, -0.2) is 0 Å². The van der Waals surface area contributed by atoms with E-state index >= 15 is 0 Å². The summed E-state index contributed by atoms with van der Waals surface area (Å²) in [7, 11) is 0. The van der Waals surface area contributed by atoms with Gasteiger partial charge in [0, 0.05) is 27.3 Å². The summed E-state index contributed by atoms with van der Waals surface area (Å²) >= 11 is 0. The molecular weight excluding hydrogens is 508 g/mol. The lowest BCUT2D eigenvalue weighted by Gasteiger charge is -2.21. The Morgan fingerprint density at radius 3 is 2.14 bits per heavy atom. The minimum Gasteiger partial charge on any atom is -0.455 e. The van der Waals surface area contributed by atoms with Crippen molar-refractivity contribution in [3.05, 3.63) is 144 Å². The zero-order valence-corrected chi connectivity index (χ0v) is 22.4. The molecule has 0 saturated heterocycles.